The summed E-state index contributed by atoms with van der Waals surface area (Å²) >= 11 is 0. The van der Waals surface area contributed by atoms with E-state index in [1.165, 1.54) is 0 Å². The number of amides is 2. The molecule has 0 radical (unpaired) electrons. The van der Waals surface area contributed by atoms with E-state index in [4.69, 9.17) is 9.84 Å². The van der Waals surface area contributed by atoms with Crippen LogP contribution in [0.1, 0.15) is 32.6 Å². The van der Waals surface area contributed by atoms with Crippen LogP contribution in [-0.2, 0) is 9.53 Å². The molecular weight excluding hydrogens is 248 g/mol. The van der Waals surface area contributed by atoms with Crippen LogP contribution in [0, 0.1) is 5.92 Å². The summed E-state index contributed by atoms with van der Waals surface area (Å²) in [5.41, 5.74) is 0. The third kappa shape index (κ3) is 3.83. The van der Waals surface area contributed by atoms with Crippen molar-refractivity contribution < 1.29 is 19.4 Å². The minimum absolute atomic E-state index is 0.0609. The van der Waals surface area contributed by atoms with E-state index < -0.39 is 12.1 Å². The number of aliphatic carboxylic acids is 1. The Morgan fingerprint density at radius 3 is 2.53 bits per heavy atom. The first kappa shape index (κ1) is 14.1. The van der Waals surface area contributed by atoms with Crippen molar-refractivity contribution in [2.24, 2.45) is 5.92 Å². The van der Waals surface area contributed by atoms with Crippen LogP contribution in [0.2, 0.25) is 0 Å². The maximum atomic E-state index is 11.9. The van der Waals surface area contributed by atoms with E-state index in [0.717, 1.165) is 25.9 Å². The highest BCUT2D eigenvalue weighted by atomic mass is 16.5. The largest absolute Gasteiger partial charge is 0.479 e. The number of ether oxygens (including phenoxy) is 1. The number of carbonyl (C=O) groups excluding carboxylic acids is 1. The van der Waals surface area contributed by atoms with Gasteiger partial charge in [0.05, 0.1) is 6.10 Å². The molecule has 6 heteroatoms. The highest BCUT2D eigenvalue weighted by Crippen LogP contribution is 2.19. The molecule has 2 amide bonds. The summed E-state index contributed by atoms with van der Waals surface area (Å²) in [5.74, 6) is -0.225. The molecule has 2 aliphatic rings. The molecular formula is C13H22N2O4. The van der Waals surface area contributed by atoms with E-state index in [1.807, 2.05) is 4.90 Å². The minimum atomic E-state index is -0.918. The van der Waals surface area contributed by atoms with Crippen molar-refractivity contribution in [1.82, 2.24) is 10.2 Å². The number of carboxylic acid groups (broad SMARTS) is 1. The number of carboxylic acids is 1. The molecule has 2 saturated heterocycles. The molecule has 0 spiro atoms. The fraction of sp³-hybridized carbons (Fsp3) is 0.846. The number of carbonyl (C=O) groups is 2. The number of nitrogens with zero attached hydrogens (tertiary/aromatic N) is 1. The molecule has 2 aliphatic heterocycles. The van der Waals surface area contributed by atoms with Gasteiger partial charge in [0.1, 0.15) is 0 Å². The normalized spacial score (nSPS) is 28.4. The lowest BCUT2D eigenvalue weighted by Gasteiger charge is -2.30. The zero-order chi connectivity index (χ0) is 13.8. The highest BCUT2D eigenvalue weighted by molar-refractivity contribution is 5.74. The zero-order valence-corrected chi connectivity index (χ0v) is 11.3. The quantitative estimate of drug-likeness (QED) is 0.803. The van der Waals surface area contributed by atoms with Crippen molar-refractivity contribution in [3.05, 3.63) is 0 Å². The molecule has 2 unspecified atom stereocenters. The van der Waals surface area contributed by atoms with Crippen molar-refractivity contribution in [3.8, 4) is 0 Å². The SMILES string of the molecule is CC1CCN(C(=O)NCC2CCC(C(=O)O)O2)CC1. The Balaban J connectivity index is 1.68. The summed E-state index contributed by atoms with van der Waals surface area (Å²) in [6.45, 7) is 4.20. The molecule has 0 saturated carbocycles. The molecule has 0 aliphatic carbocycles. The standard InChI is InChI=1S/C13H22N2O4/c1-9-4-6-15(7-5-9)13(18)14-8-10-2-3-11(19-10)12(16)17/h9-11H,2-8H2,1H3,(H,14,18)(H,16,17). The van der Waals surface area contributed by atoms with Crippen LogP contribution in [0.3, 0.4) is 0 Å². The van der Waals surface area contributed by atoms with Crippen molar-refractivity contribution in [2.45, 2.75) is 44.8 Å². The van der Waals surface area contributed by atoms with Crippen LogP contribution in [0.4, 0.5) is 4.79 Å². The summed E-state index contributed by atoms with van der Waals surface area (Å²) < 4.78 is 5.34. The number of likely N-dealkylation sites (tertiary alicyclic amines) is 1. The van der Waals surface area contributed by atoms with Crippen molar-refractivity contribution in [2.75, 3.05) is 19.6 Å². The molecule has 0 aromatic rings. The van der Waals surface area contributed by atoms with Crippen LogP contribution >= 0.6 is 0 Å². The second-order valence-corrected chi connectivity index (χ2v) is 5.52. The van der Waals surface area contributed by atoms with Gasteiger partial charge in [-0.25, -0.2) is 9.59 Å². The van der Waals surface area contributed by atoms with Gasteiger partial charge in [0, 0.05) is 19.6 Å². The van der Waals surface area contributed by atoms with Gasteiger partial charge in [0.25, 0.3) is 0 Å². The first-order chi connectivity index (χ1) is 9.06. The lowest BCUT2D eigenvalue weighted by molar-refractivity contribution is -0.149. The summed E-state index contributed by atoms with van der Waals surface area (Å²) in [4.78, 5) is 24.5. The van der Waals surface area contributed by atoms with Gasteiger partial charge in [-0.15, -0.1) is 0 Å². The summed E-state index contributed by atoms with van der Waals surface area (Å²) in [5, 5.41) is 11.7. The van der Waals surface area contributed by atoms with Crippen molar-refractivity contribution >= 4 is 12.0 Å². The Hall–Kier alpha value is -1.30. The topological polar surface area (TPSA) is 78.9 Å². The Labute approximate surface area is 113 Å². The molecule has 0 aromatic carbocycles. The first-order valence-electron chi connectivity index (χ1n) is 6.97. The minimum Gasteiger partial charge on any atom is -0.479 e. The highest BCUT2D eigenvalue weighted by Gasteiger charge is 2.31. The van der Waals surface area contributed by atoms with Gasteiger partial charge in [0.15, 0.2) is 6.10 Å². The number of nitrogens with one attached hydrogen (secondary N) is 1. The van der Waals surface area contributed by atoms with Crippen LogP contribution in [0.15, 0.2) is 0 Å². The number of hydrogen-bond acceptors (Lipinski definition) is 3. The third-order valence-electron chi connectivity index (χ3n) is 3.93. The fourth-order valence-corrected chi connectivity index (χ4v) is 2.56. The van der Waals surface area contributed by atoms with Crippen LogP contribution in [0.25, 0.3) is 0 Å². The van der Waals surface area contributed by atoms with E-state index in [1.54, 1.807) is 0 Å². The monoisotopic (exact) mass is 270 g/mol. The number of rotatable bonds is 3. The van der Waals surface area contributed by atoms with Crippen LogP contribution < -0.4 is 5.32 Å². The number of hydrogen-bond donors (Lipinski definition) is 2. The second-order valence-electron chi connectivity index (χ2n) is 5.52. The molecule has 2 N–H and O–H groups in total. The zero-order valence-electron chi connectivity index (χ0n) is 11.3. The van der Waals surface area contributed by atoms with E-state index in [9.17, 15) is 9.59 Å². The molecule has 19 heavy (non-hydrogen) atoms. The molecule has 2 fully saturated rings. The van der Waals surface area contributed by atoms with E-state index >= 15 is 0 Å². The summed E-state index contributed by atoms with van der Waals surface area (Å²) in [6, 6.07) is -0.0609. The Bertz CT molecular complexity index is 340. The second kappa shape index (κ2) is 6.23. The van der Waals surface area contributed by atoms with Gasteiger partial charge < -0.3 is 20.1 Å². The maximum Gasteiger partial charge on any atom is 0.332 e. The number of piperidine rings is 1. The van der Waals surface area contributed by atoms with Crippen LogP contribution in [-0.4, -0.2) is 53.8 Å². The molecule has 2 rings (SSSR count). The molecule has 6 nitrogen and oxygen atoms in total. The van der Waals surface area contributed by atoms with E-state index in [-0.39, 0.29) is 12.1 Å². The van der Waals surface area contributed by atoms with E-state index in [0.29, 0.717) is 25.3 Å². The predicted molar refractivity (Wildman–Crippen MR) is 68.9 cm³/mol. The summed E-state index contributed by atoms with van der Waals surface area (Å²) in [6.07, 6.45) is 2.43. The average molecular weight is 270 g/mol. The van der Waals surface area contributed by atoms with Gasteiger partial charge in [-0.3, -0.25) is 0 Å². The fourth-order valence-electron chi connectivity index (χ4n) is 2.56. The smallest absolute Gasteiger partial charge is 0.332 e. The Morgan fingerprint density at radius 2 is 1.95 bits per heavy atom. The van der Waals surface area contributed by atoms with Gasteiger partial charge in [0.2, 0.25) is 0 Å². The Morgan fingerprint density at radius 1 is 1.26 bits per heavy atom. The van der Waals surface area contributed by atoms with E-state index in [2.05, 4.69) is 12.2 Å². The molecule has 0 bridgehead atoms. The van der Waals surface area contributed by atoms with Gasteiger partial charge in [-0.1, -0.05) is 6.92 Å². The maximum absolute atomic E-state index is 11.9. The number of urea groups is 1. The van der Waals surface area contributed by atoms with Gasteiger partial charge >= 0.3 is 12.0 Å². The lowest BCUT2D eigenvalue weighted by Crippen LogP contribution is -2.46. The van der Waals surface area contributed by atoms with Crippen molar-refractivity contribution in [1.29, 1.82) is 0 Å². The van der Waals surface area contributed by atoms with Crippen molar-refractivity contribution in [3.63, 3.8) is 0 Å². The molecule has 108 valence electrons. The average Bonchev–Trinajstić information content (AvgIpc) is 2.86. The van der Waals surface area contributed by atoms with Gasteiger partial charge in [-0.05, 0) is 31.6 Å². The predicted octanol–water partition coefficient (Wildman–Crippen LogP) is 1.06. The molecule has 2 heterocycles. The van der Waals surface area contributed by atoms with Crippen LogP contribution in [0.5, 0.6) is 0 Å². The first-order valence-corrected chi connectivity index (χ1v) is 6.97. The Kier molecular flexibility index (Phi) is 4.63. The molecule has 2 atom stereocenters. The molecule has 0 aromatic heterocycles. The third-order valence-corrected chi connectivity index (χ3v) is 3.93. The lowest BCUT2D eigenvalue weighted by atomic mass is 10.00. The van der Waals surface area contributed by atoms with Gasteiger partial charge in [-0.2, -0.15) is 0 Å². The summed E-state index contributed by atoms with van der Waals surface area (Å²) in [7, 11) is 0.